The monoisotopic (exact) mass is 260 g/mol. The molecule has 0 saturated heterocycles. The quantitative estimate of drug-likeness (QED) is 0.851. The van der Waals surface area contributed by atoms with Gasteiger partial charge in [-0.2, -0.15) is 0 Å². The van der Waals surface area contributed by atoms with Gasteiger partial charge < -0.3 is 10.6 Å². The van der Waals surface area contributed by atoms with Crippen LogP contribution in [-0.4, -0.2) is 18.0 Å². The van der Waals surface area contributed by atoms with Crippen molar-refractivity contribution in [3.8, 4) is 0 Å². The third kappa shape index (κ3) is 3.28. The molecule has 0 atom stereocenters. The molecule has 0 aromatic heterocycles. The van der Waals surface area contributed by atoms with Gasteiger partial charge in [-0.1, -0.05) is 13.0 Å². The van der Waals surface area contributed by atoms with Gasteiger partial charge in [-0.05, 0) is 57.2 Å². The molecule has 19 heavy (non-hydrogen) atoms. The largest absolute Gasteiger partial charge is 0.384 e. The van der Waals surface area contributed by atoms with E-state index < -0.39 is 0 Å². The summed E-state index contributed by atoms with van der Waals surface area (Å²) >= 11 is 0. The molecular formula is C16H24N2O. The van der Waals surface area contributed by atoms with Gasteiger partial charge in [-0.15, -0.1) is 0 Å². The zero-order chi connectivity index (χ0) is 13.9. The third-order valence-electron chi connectivity index (χ3n) is 3.86. The molecule has 0 spiro atoms. The van der Waals surface area contributed by atoms with Gasteiger partial charge >= 0.3 is 0 Å². The van der Waals surface area contributed by atoms with E-state index in [4.69, 9.17) is 0 Å². The number of anilines is 1. The van der Waals surface area contributed by atoms with Gasteiger partial charge in [0.15, 0.2) is 0 Å². The van der Waals surface area contributed by atoms with Gasteiger partial charge in [0.2, 0.25) is 0 Å². The summed E-state index contributed by atoms with van der Waals surface area (Å²) in [6.07, 6.45) is 4.43. The smallest absolute Gasteiger partial charge is 0.253 e. The first-order valence-electron chi connectivity index (χ1n) is 7.21. The van der Waals surface area contributed by atoms with Crippen LogP contribution in [0, 0.1) is 6.92 Å². The molecular weight excluding hydrogens is 236 g/mol. The highest BCUT2D eigenvalue weighted by Crippen LogP contribution is 2.31. The molecule has 104 valence electrons. The van der Waals surface area contributed by atoms with Crippen LogP contribution in [0.15, 0.2) is 18.2 Å². The van der Waals surface area contributed by atoms with Crippen molar-refractivity contribution in [1.82, 2.24) is 5.32 Å². The van der Waals surface area contributed by atoms with Crippen LogP contribution in [0.1, 0.15) is 55.5 Å². The minimum Gasteiger partial charge on any atom is -0.384 e. The van der Waals surface area contributed by atoms with Crippen LogP contribution in [-0.2, 0) is 0 Å². The van der Waals surface area contributed by atoms with Crippen molar-refractivity contribution in [3.05, 3.63) is 29.3 Å². The molecule has 1 fully saturated rings. The van der Waals surface area contributed by atoms with E-state index in [-0.39, 0.29) is 11.4 Å². The predicted octanol–water partition coefficient (Wildman–Crippen LogP) is 3.49. The Morgan fingerprint density at radius 3 is 2.68 bits per heavy atom. The lowest BCUT2D eigenvalue weighted by Crippen LogP contribution is -2.51. The van der Waals surface area contributed by atoms with Crippen LogP contribution in [0.4, 0.5) is 5.69 Å². The Morgan fingerprint density at radius 1 is 1.37 bits per heavy atom. The Bertz CT molecular complexity index is 464. The maximum atomic E-state index is 12.4. The molecule has 0 aliphatic heterocycles. The van der Waals surface area contributed by atoms with Gasteiger partial charge in [0, 0.05) is 17.8 Å². The van der Waals surface area contributed by atoms with Crippen LogP contribution >= 0.6 is 0 Å². The van der Waals surface area contributed by atoms with Crippen LogP contribution in [0.5, 0.6) is 0 Å². The Labute approximate surface area is 115 Å². The molecule has 0 radical (unpaired) electrons. The molecule has 1 amide bonds. The highest BCUT2D eigenvalue weighted by atomic mass is 16.1. The number of carbonyl (C=O) groups is 1. The molecule has 1 aromatic carbocycles. The molecule has 2 rings (SSSR count). The third-order valence-corrected chi connectivity index (χ3v) is 3.86. The Balaban J connectivity index is 2.15. The first kappa shape index (κ1) is 13.9. The molecule has 0 unspecified atom stereocenters. The lowest BCUT2D eigenvalue weighted by Gasteiger charge is -2.39. The fourth-order valence-corrected chi connectivity index (χ4v) is 2.44. The zero-order valence-corrected chi connectivity index (χ0v) is 12.2. The molecule has 1 aromatic rings. The molecule has 1 aliphatic carbocycles. The number of hydrogen-bond acceptors (Lipinski definition) is 2. The van der Waals surface area contributed by atoms with Crippen molar-refractivity contribution in [2.24, 2.45) is 0 Å². The topological polar surface area (TPSA) is 41.1 Å². The Kier molecular flexibility index (Phi) is 4.13. The molecule has 0 heterocycles. The highest BCUT2D eigenvalue weighted by Gasteiger charge is 2.33. The minimum absolute atomic E-state index is 0.00396. The summed E-state index contributed by atoms with van der Waals surface area (Å²) < 4.78 is 0. The number of rotatable bonds is 5. The SMILES string of the molecule is CCCNc1cc(C)ccc1C(=O)NC1(C)CCC1. The van der Waals surface area contributed by atoms with E-state index in [2.05, 4.69) is 24.5 Å². The van der Waals surface area contributed by atoms with Crippen molar-refractivity contribution in [2.45, 2.75) is 52.0 Å². The fraction of sp³-hybridized carbons (Fsp3) is 0.562. The summed E-state index contributed by atoms with van der Waals surface area (Å²) in [4.78, 5) is 12.4. The first-order valence-corrected chi connectivity index (χ1v) is 7.21. The van der Waals surface area contributed by atoms with E-state index >= 15 is 0 Å². The zero-order valence-electron chi connectivity index (χ0n) is 12.2. The highest BCUT2D eigenvalue weighted by molar-refractivity contribution is 6.00. The number of nitrogens with one attached hydrogen (secondary N) is 2. The average molecular weight is 260 g/mol. The lowest BCUT2D eigenvalue weighted by atomic mass is 9.78. The maximum absolute atomic E-state index is 12.4. The number of amides is 1. The van der Waals surface area contributed by atoms with Crippen LogP contribution in [0.2, 0.25) is 0 Å². The molecule has 1 saturated carbocycles. The van der Waals surface area contributed by atoms with E-state index in [0.29, 0.717) is 0 Å². The standard InChI is InChI=1S/C16H24N2O/c1-4-10-17-14-11-12(2)6-7-13(14)15(19)18-16(3)8-5-9-16/h6-7,11,17H,4-5,8-10H2,1-3H3,(H,18,19). The summed E-state index contributed by atoms with van der Waals surface area (Å²) in [6.45, 7) is 7.19. The molecule has 2 N–H and O–H groups in total. The fourth-order valence-electron chi connectivity index (χ4n) is 2.44. The van der Waals surface area contributed by atoms with Crippen molar-refractivity contribution in [3.63, 3.8) is 0 Å². The van der Waals surface area contributed by atoms with Gasteiger partial charge in [-0.25, -0.2) is 0 Å². The van der Waals surface area contributed by atoms with Crippen molar-refractivity contribution < 1.29 is 4.79 Å². The first-order chi connectivity index (χ1) is 9.04. The van der Waals surface area contributed by atoms with Crippen molar-refractivity contribution in [2.75, 3.05) is 11.9 Å². The minimum atomic E-state index is 0.00396. The van der Waals surface area contributed by atoms with Gasteiger partial charge in [-0.3, -0.25) is 4.79 Å². The maximum Gasteiger partial charge on any atom is 0.253 e. The number of aryl methyl sites for hydroxylation is 1. The number of carbonyl (C=O) groups excluding carboxylic acids is 1. The Hall–Kier alpha value is -1.51. The number of hydrogen-bond donors (Lipinski definition) is 2. The van der Waals surface area contributed by atoms with Gasteiger partial charge in [0.25, 0.3) is 5.91 Å². The molecule has 0 bridgehead atoms. The normalized spacial score (nSPS) is 16.6. The van der Waals surface area contributed by atoms with E-state index in [1.165, 1.54) is 12.0 Å². The second kappa shape index (κ2) is 5.64. The van der Waals surface area contributed by atoms with Crippen LogP contribution < -0.4 is 10.6 Å². The summed E-state index contributed by atoms with van der Waals surface area (Å²) in [5.41, 5.74) is 2.88. The van der Waals surface area contributed by atoms with Crippen LogP contribution in [0.3, 0.4) is 0 Å². The molecule has 1 aliphatic rings. The van der Waals surface area contributed by atoms with Gasteiger partial charge in [0.1, 0.15) is 0 Å². The van der Waals surface area contributed by atoms with E-state index in [1.54, 1.807) is 0 Å². The average Bonchev–Trinajstić information content (AvgIpc) is 2.34. The summed E-state index contributed by atoms with van der Waals surface area (Å²) in [5, 5.41) is 6.51. The second-order valence-corrected chi connectivity index (χ2v) is 5.84. The van der Waals surface area contributed by atoms with Gasteiger partial charge in [0.05, 0.1) is 5.56 Å². The number of benzene rings is 1. The Morgan fingerprint density at radius 2 is 2.11 bits per heavy atom. The summed E-state index contributed by atoms with van der Waals surface area (Å²) in [5.74, 6) is 0.0424. The van der Waals surface area contributed by atoms with E-state index in [1.807, 2.05) is 25.1 Å². The van der Waals surface area contributed by atoms with Crippen molar-refractivity contribution in [1.29, 1.82) is 0 Å². The van der Waals surface area contributed by atoms with Crippen molar-refractivity contribution >= 4 is 11.6 Å². The van der Waals surface area contributed by atoms with E-state index in [0.717, 1.165) is 37.1 Å². The predicted molar refractivity (Wildman–Crippen MR) is 79.7 cm³/mol. The lowest BCUT2D eigenvalue weighted by molar-refractivity contribution is 0.0851. The summed E-state index contributed by atoms with van der Waals surface area (Å²) in [7, 11) is 0. The molecule has 3 nitrogen and oxygen atoms in total. The van der Waals surface area contributed by atoms with E-state index in [9.17, 15) is 4.79 Å². The second-order valence-electron chi connectivity index (χ2n) is 5.84. The molecule has 3 heteroatoms. The summed E-state index contributed by atoms with van der Waals surface area (Å²) in [6, 6.07) is 5.97. The van der Waals surface area contributed by atoms with Crippen LogP contribution in [0.25, 0.3) is 0 Å².